The molecular weight excluding hydrogens is 595 g/mol. The molecular formula is C30H31IN2O3S. The zero-order chi connectivity index (χ0) is 26.6. The van der Waals surface area contributed by atoms with Crippen molar-refractivity contribution in [3.05, 3.63) is 67.6 Å². The molecule has 192 valence electrons. The fourth-order valence-electron chi connectivity index (χ4n) is 4.55. The molecule has 3 aromatic rings. The second-order valence-electron chi connectivity index (χ2n) is 10.1. The van der Waals surface area contributed by atoms with Crippen LogP contribution in [0.15, 0.2) is 47.5 Å². The molecule has 1 amide bonds. The van der Waals surface area contributed by atoms with Crippen LogP contribution in [0.3, 0.4) is 0 Å². The normalized spacial score (nSPS) is 15.2. The smallest absolute Gasteiger partial charge is 0.259 e. The van der Waals surface area contributed by atoms with Crippen LogP contribution in [0.1, 0.15) is 53.6 Å². The number of aliphatic imine (C=N–C) groups is 1. The second kappa shape index (κ2) is 11.7. The lowest BCUT2D eigenvalue weighted by Crippen LogP contribution is -2.27. The van der Waals surface area contributed by atoms with Crippen molar-refractivity contribution in [3.63, 3.8) is 0 Å². The van der Waals surface area contributed by atoms with E-state index >= 15 is 0 Å². The summed E-state index contributed by atoms with van der Waals surface area (Å²) in [6, 6.07) is 13.4. The summed E-state index contributed by atoms with van der Waals surface area (Å²) in [5.41, 5.74) is 3.66. The Morgan fingerprint density at radius 3 is 2.73 bits per heavy atom. The third-order valence-electron chi connectivity index (χ3n) is 6.61. The van der Waals surface area contributed by atoms with Gasteiger partial charge in [-0.25, -0.2) is 4.99 Å². The predicted molar refractivity (Wildman–Crippen MR) is 161 cm³/mol. The number of nitrogens with zero attached hydrogens (tertiary/aromatic N) is 1. The summed E-state index contributed by atoms with van der Waals surface area (Å²) < 4.78 is 12.1. The van der Waals surface area contributed by atoms with Gasteiger partial charge in [0.25, 0.3) is 5.91 Å². The molecule has 0 unspecified atom stereocenters. The lowest BCUT2D eigenvalue weighted by molar-refractivity contribution is 0.102. The van der Waals surface area contributed by atoms with E-state index in [2.05, 4.69) is 54.6 Å². The van der Waals surface area contributed by atoms with Crippen molar-refractivity contribution in [3.8, 4) is 23.8 Å². The first-order valence-electron chi connectivity index (χ1n) is 12.2. The molecule has 0 saturated heterocycles. The largest absolute Gasteiger partial charge is 0.493 e. The average Bonchev–Trinajstić information content (AvgIpc) is 3.24. The van der Waals surface area contributed by atoms with Crippen LogP contribution < -0.4 is 14.8 Å². The number of carbonyl (C=O) groups excluding carboxylic acids is 1. The van der Waals surface area contributed by atoms with Gasteiger partial charge in [-0.15, -0.1) is 17.8 Å². The number of nitrogens with one attached hydrogen (secondary N) is 1. The van der Waals surface area contributed by atoms with E-state index in [0.29, 0.717) is 23.0 Å². The average molecular weight is 627 g/mol. The zero-order valence-corrected chi connectivity index (χ0v) is 24.5. The van der Waals surface area contributed by atoms with E-state index in [0.717, 1.165) is 44.6 Å². The number of benzene rings is 2. The molecule has 37 heavy (non-hydrogen) atoms. The van der Waals surface area contributed by atoms with Gasteiger partial charge >= 0.3 is 0 Å². The Morgan fingerprint density at radius 2 is 2.05 bits per heavy atom. The highest BCUT2D eigenvalue weighted by molar-refractivity contribution is 14.1. The standard InChI is InChI=1S/C30H31IN2O3S/c1-6-14-36-27-23(31)15-19(16-24(27)35-5)18-32-29-26(28(34)33-21-10-8-7-9-11-21)22-13-12-20(30(2,3)4)17-25(22)37-29/h1,7-11,15-16,18,20H,12-14,17H2,2-5H3,(H,33,34)/t20-/m1/s1. The van der Waals surface area contributed by atoms with Gasteiger partial charge in [0.15, 0.2) is 11.5 Å². The van der Waals surface area contributed by atoms with Crippen molar-refractivity contribution >= 4 is 56.7 Å². The Labute approximate surface area is 236 Å². The number of terminal acetylenes is 1. The summed E-state index contributed by atoms with van der Waals surface area (Å²) in [6.07, 6.45) is 10.1. The second-order valence-corrected chi connectivity index (χ2v) is 12.3. The number of fused-ring (bicyclic) bond motifs is 1. The molecule has 4 rings (SSSR count). The number of hydrogen-bond acceptors (Lipinski definition) is 5. The summed E-state index contributed by atoms with van der Waals surface area (Å²) in [4.78, 5) is 19.6. The maximum atomic E-state index is 13.5. The highest BCUT2D eigenvalue weighted by Gasteiger charge is 2.33. The molecule has 0 spiro atoms. The van der Waals surface area contributed by atoms with Crippen molar-refractivity contribution in [2.24, 2.45) is 16.3 Å². The van der Waals surface area contributed by atoms with Gasteiger partial charge < -0.3 is 14.8 Å². The Morgan fingerprint density at radius 1 is 1.30 bits per heavy atom. The summed E-state index contributed by atoms with van der Waals surface area (Å²) in [5.74, 6) is 4.14. The maximum Gasteiger partial charge on any atom is 0.259 e. The molecule has 1 atom stereocenters. The van der Waals surface area contributed by atoms with Gasteiger partial charge in [0, 0.05) is 16.8 Å². The number of carbonyl (C=O) groups is 1. The molecule has 0 fully saturated rings. The van der Waals surface area contributed by atoms with Gasteiger partial charge in [-0.2, -0.15) is 0 Å². The van der Waals surface area contributed by atoms with E-state index in [9.17, 15) is 4.79 Å². The minimum atomic E-state index is -0.116. The zero-order valence-electron chi connectivity index (χ0n) is 21.6. The van der Waals surface area contributed by atoms with Crippen molar-refractivity contribution in [2.75, 3.05) is 19.0 Å². The van der Waals surface area contributed by atoms with Gasteiger partial charge in [-0.05, 0) is 88.6 Å². The Bertz CT molecular complexity index is 1350. The van der Waals surface area contributed by atoms with Crippen molar-refractivity contribution in [1.29, 1.82) is 0 Å². The number of amides is 1. The Kier molecular flexibility index (Phi) is 8.60. The van der Waals surface area contributed by atoms with Crippen molar-refractivity contribution in [1.82, 2.24) is 0 Å². The lowest BCUT2D eigenvalue weighted by atomic mass is 9.72. The quantitative estimate of drug-likeness (QED) is 0.168. The molecule has 0 radical (unpaired) electrons. The molecule has 5 nitrogen and oxygen atoms in total. The molecule has 1 aliphatic carbocycles. The van der Waals surface area contributed by atoms with Gasteiger partial charge in [-0.3, -0.25) is 4.79 Å². The topological polar surface area (TPSA) is 59.9 Å². The maximum absolute atomic E-state index is 13.5. The van der Waals surface area contributed by atoms with Gasteiger partial charge in [0.05, 0.1) is 16.2 Å². The van der Waals surface area contributed by atoms with E-state index < -0.39 is 0 Å². The summed E-state index contributed by atoms with van der Waals surface area (Å²) in [5, 5.41) is 3.80. The monoisotopic (exact) mass is 626 g/mol. The molecule has 2 aromatic carbocycles. The number of thiophene rings is 1. The lowest BCUT2D eigenvalue weighted by Gasteiger charge is -2.33. The number of rotatable bonds is 7. The number of halogens is 1. The number of methoxy groups -OCH3 is 1. The van der Waals surface area contributed by atoms with E-state index in [1.54, 1.807) is 24.7 Å². The molecule has 0 saturated carbocycles. The van der Waals surface area contributed by atoms with Crippen molar-refractivity contribution in [2.45, 2.75) is 40.0 Å². The first-order valence-corrected chi connectivity index (χ1v) is 14.1. The van der Waals surface area contributed by atoms with E-state index in [-0.39, 0.29) is 17.9 Å². The molecule has 0 aliphatic heterocycles. The van der Waals surface area contributed by atoms with Crippen LogP contribution in [0, 0.1) is 27.2 Å². The van der Waals surface area contributed by atoms with E-state index in [1.807, 2.05) is 42.5 Å². The van der Waals surface area contributed by atoms with Crippen LogP contribution in [0.2, 0.25) is 0 Å². The van der Waals surface area contributed by atoms with Gasteiger partial charge in [0.1, 0.15) is 11.6 Å². The SMILES string of the molecule is C#CCOc1c(I)cc(C=Nc2sc3c(c2C(=O)Nc2ccccc2)CC[C@@H](C(C)(C)C)C3)cc1OC. The molecule has 1 aromatic heterocycles. The predicted octanol–water partition coefficient (Wildman–Crippen LogP) is 7.53. The third-order valence-corrected chi connectivity index (χ3v) is 8.58. The minimum absolute atomic E-state index is 0.116. The highest BCUT2D eigenvalue weighted by atomic mass is 127. The van der Waals surface area contributed by atoms with Crippen molar-refractivity contribution < 1.29 is 14.3 Å². The van der Waals surface area contributed by atoms with Gasteiger partial charge in [0.2, 0.25) is 0 Å². The summed E-state index contributed by atoms with van der Waals surface area (Å²) >= 11 is 3.83. The van der Waals surface area contributed by atoms with E-state index in [1.165, 1.54) is 4.88 Å². The number of anilines is 1. The first-order chi connectivity index (χ1) is 17.7. The summed E-state index contributed by atoms with van der Waals surface area (Å²) in [6.45, 7) is 7.05. The molecule has 7 heteroatoms. The molecule has 1 N–H and O–H groups in total. The molecule has 1 heterocycles. The molecule has 1 aliphatic rings. The highest BCUT2D eigenvalue weighted by Crippen LogP contribution is 2.45. The Hall–Kier alpha value is -2.83. The Balaban J connectivity index is 1.71. The first kappa shape index (κ1) is 27.2. The van der Waals surface area contributed by atoms with Crippen LogP contribution in [0.25, 0.3) is 0 Å². The fourth-order valence-corrected chi connectivity index (χ4v) is 6.60. The molecule has 0 bridgehead atoms. The van der Waals surface area contributed by atoms with Crippen LogP contribution in [-0.2, 0) is 12.8 Å². The van der Waals surface area contributed by atoms with Crippen LogP contribution in [0.5, 0.6) is 11.5 Å². The van der Waals surface area contributed by atoms with Crippen LogP contribution in [-0.4, -0.2) is 25.8 Å². The third kappa shape index (κ3) is 6.36. The minimum Gasteiger partial charge on any atom is -0.493 e. The number of hydrogen-bond donors (Lipinski definition) is 1. The van der Waals surface area contributed by atoms with Gasteiger partial charge in [-0.1, -0.05) is 44.9 Å². The summed E-state index contributed by atoms with van der Waals surface area (Å²) in [7, 11) is 1.60. The fraction of sp³-hybridized carbons (Fsp3) is 0.333. The van der Waals surface area contributed by atoms with E-state index in [4.69, 9.17) is 20.9 Å². The van der Waals surface area contributed by atoms with Crippen LogP contribution in [0.4, 0.5) is 10.7 Å². The van der Waals surface area contributed by atoms with Crippen LogP contribution >= 0.6 is 33.9 Å². The number of ether oxygens (including phenoxy) is 2. The number of para-hydroxylation sites is 1.